The molecule has 0 aromatic heterocycles. The Morgan fingerprint density at radius 2 is 1.83 bits per heavy atom. The fourth-order valence-corrected chi connectivity index (χ4v) is 2.89. The van der Waals surface area contributed by atoms with Gasteiger partial charge in [-0.3, -0.25) is 4.79 Å². The number of rotatable bonds is 7. The number of ether oxygens (including phenoxy) is 1. The number of carbonyl (C=O) groups excluding carboxylic acids is 1. The van der Waals surface area contributed by atoms with E-state index in [1.54, 1.807) is 0 Å². The van der Waals surface area contributed by atoms with Crippen LogP contribution in [0.5, 0.6) is 5.75 Å². The van der Waals surface area contributed by atoms with E-state index in [1.165, 1.54) is 11.8 Å². The Morgan fingerprint density at radius 3 is 2.46 bits per heavy atom. The normalized spacial score (nSPS) is 12.5. The van der Waals surface area contributed by atoms with Crippen molar-refractivity contribution in [2.75, 3.05) is 6.61 Å². The van der Waals surface area contributed by atoms with Gasteiger partial charge < -0.3 is 4.74 Å². The molecule has 5 heteroatoms. The second kappa shape index (κ2) is 9.13. The van der Waals surface area contributed by atoms with Crippen LogP contribution in [0.25, 0.3) is 0 Å². The maximum absolute atomic E-state index is 12.2. The van der Waals surface area contributed by atoms with Crippen molar-refractivity contribution in [3.63, 3.8) is 0 Å². The zero-order valence-electron chi connectivity index (χ0n) is 14.2. The summed E-state index contributed by atoms with van der Waals surface area (Å²) in [6, 6.07) is 17.5. The molecule has 0 saturated carbocycles. The molecule has 0 aliphatic carbocycles. The fourth-order valence-electron chi connectivity index (χ4n) is 2.01. The van der Waals surface area contributed by atoms with Crippen LogP contribution in [0.2, 0.25) is 0 Å². The first-order chi connectivity index (χ1) is 11.6. The Hall–Kier alpha value is -2.27. The summed E-state index contributed by atoms with van der Waals surface area (Å²) in [5, 5.41) is 3.98. The van der Waals surface area contributed by atoms with Crippen LogP contribution in [-0.2, 0) is 4.79 Å². The first-order valence-corrected chi connectivity index (χ1v) is 8.77. The Kier molecular flexibility index (Phi) is 6.88. The van der Waals surface area contributed by atoms with Crippen LogP contribution >= 0.6 is 11.8 Å². The second-order valence-electron chi connectivity index (χ2n) is 5.20. The fraction of sp³-hybridized carbons (Fsp3) is 0.263. The van der Waals surface area contributed by atoms with Gasteiger partial charge in [0, 0.05) is 4.90 Å². The average Bonchev–Trinajstić information content (AvgIpc) is 2.61. The highest BCUT2D eigenvalue weighted by Gasteiger charge is 2.13. The van der Waals surface area contributed by atoms with Gasteiger partial charge in [-0.25, -0.2) is 5.43 Å². The quantitative estimate of drug-likeness (QED) is 0.468. The van der Waals surface area contributed by atoms with E-state index >= 15 is 0 Å². The van der Waals surface area contributed by atoms with Gasteiger partial charge in [-0.05, 0) is 62.7 Å². The van der Waals surface area contributed by atoms with Crippen LogP contribution in [-0.4, -0.2) is 23.5 Å². The van der Waals surface area contributed by atoms with Gasteiger partial charge in [0.15, 0.2) is 0 Å². The van der Waals surface area contributed by atoms with Crippen LogP contribution in [0.3, 0.4) is 0 Å². The molecular formula is C19H22N2O2S. The third-order valence-electron chi connectivity index (χ3n) is 3.34. The Bertz CT molecular complexity index is 684. The third-order valence-corrected chi connectivity index (χ3v) is 4.45. The van der Waals surface area contributed by atoms with Crippen molar-refractivity contribution >= 4 is 23.4 Å². The molecule has 24 heavy (non-hydrogen) atoms. The predicted octanol–water partition coefficient (Wildman–Crippen LogP) is 4.11. The van der Waals surface area contributed by atoms with Crippen molar-refractivity contribution in [1.82, 2.24) is 5.43 Å². The lowest BCUT2D eigenvalue weighted by molar-refractivity contribution is -0.120. The summed E-state index contributed by atoms with van der Waals surface area (Å²) in [5.41, 5.74) is 4.34. The molecule has 1 amide bonds. The standard InChI is InChI=1S/C19H22N2O2S/c1-4-23-17-12-10-16(11-13-17)14(2)20-21-19(22)15(3)24-18-8-6-5-7-9-18/h5-13,15H,4H2,1-3H3,(H,21,22)/b20-14-/t15-/m0/s1. The Labute approximate surface area is 147 Å². The summed E-state index contributed by atoms with van der Waals surface area (Å²) < 4.78 is 5.41. The largest absolute Gasteiger partial charge is 0.494 e. The lowest BCUT2D eigenvalue weighted by atomic mass is 10.1. The summed E-state index contributed by atoms with van der Waals surface area (Å²) in [7, 11) is 0. The minimum atomic E-state index is -0.218. The maximum Gasteiger partial charge on any atom is 0.253 e. The van der Waals surface area contributed by atoms with Crippen molar-refractivity contribution < 1.29 is 9.53 Å². The van der Waals surface area contributed by atoms with Crippen LogP contribution in [0.15, 0.2) is 64.6 Å². The summed E-state index contributed by atoms with van der Waals surface area (Å²) in [6.45, 7) is 6.32. The molecule has 0 spiro atoms. The van der Waals surface area contributed by atoms with Crippen LogP contribution in [0.4, 0.5) is 0 Å². The van der Waals surface area contributed by atoms with Crippen LogP contribution in [0.1, 0.15) is 26.3 Å². The highest BCUT2D eigenvalue weighted by Crippen LogP contribution is 2.22. The van der Waals surface area contributed by atoms with Gasteiger partial charge in [-0.2, -0.15) is 5.10 Å². The minimum Gasteiger partial charge on any atom is -0.494 e. The highest BCUT2D eigenvalue weighted by atomic mass is 32.2. The van der Waals surface area contributed by atoms with Crippen LogP contribution in [0, 0.1) is 0 Å². The molecule has 0 fully saturated rings. The van der Waals surface area contributed by atoms with Crippen molar-refractivity contribution in [1.29, 1.82) is 0 Å². The third kappa shape index (κ3) is 5.42. The molecule has 2 aromatic rings. The van der Waals surface area contributed by atoms with Gasteiger partial charge in [0.25, 0.3) is 5.91 Å². The molecule has 2 aromatic carbocycles. The minimum absolute atomic E-state index is 0.117. The SMILES string of the molecule is CCOc1ccc(/C(C)=N\NC(=O)[C@H](C)Sc2ccccc2)cc1. The first kappa shape index (κ1) is 18.1. The van der Waals surface area contributed by atoms with E-state index in [-0.39, 0.29) is 11.2 Å². The van der Waals surface area contributed by atoms with Gasteiger partial charge in [0.05, 0.1) is 17.6 Å². The summed E-state index contributed by atoms with van der Waals surface area (Å²) in [5.74, 6) is 0.708. The summed E-state index contributed by atoms with van der Waals surface area (Å²) >= 11 is 1.51. The lowest BCUT2D eigenvalue weighted by Crippen LogP contribution is -2.27. The summed E-state index contributed by atoms with van der Waals surface area (Å²) in [6.07, 6.45) is 0. The second-order valence-corrected chi connectivity index (χ2v) is 6.62. The number of hydrogen-bond acceptors (Lipinski definition) is 4. The van der Waals surface area contributed by atoms with Crippen molar-refractivity contribution in [2.24, 2.45) is 5.10 Å². The summed E-state index contributed by atoms with van der Waals surface area (Å²) in [4.78, 5) is 13.2. The number of amides is 1. The molecule has 0 aliphatic rings. The van der Waals surface area contributed by atoms with E-state index in [1.807, 2.05) is 75.4 Å². The number of nitrogens with zero attached hydrogens (tertiary/aromatic N) is 1. The molecule has 0 heterocycles. The maximum atomic E-state index is 12.2. The van der Waals surface area contributed by atoms with Crippen molar-refractivity contribution in [3.05, 3.63) is 60.2 Å². The molecule has 4 nitrogen and oxygen atoms in total. The van der Waals surface area contributed by atoms with Gasteiger partial charge in [-0.1, -0.05) is 18.2 Å². The molecule has 126 valence electrons. The monoisotopic (exact) mass is 342 g/mol. The van der Waals surface area contributed by atoms with Gasteiger partial charge in [0.2, 0.25) is 0 Å². The zero-order chi connectivity index (χ0) is 17.4. The van der Waals surface area contributed by atoms with Gasteiger partial charge in [-0.15, -0.1) is 11.8 Å². The number of hydrogen-bond donors (Lipinski definition) is 1. The lowest BCUT2D eigenvalue weighted by Gasteiger charge is -2.10. The molecule has 0 saturated heterocycles. The van der Waals surface area contributed by atoms with Gasteiger partial charge in [0.1, 0.15) is 5.75 Å². The van der Waals surface area contributed by atoms with E-state index in [0.717, 1.165) is 21.9 Å². The van der Waals surface area contributed by atoms with E-state index in [0.29, 0.717) is 6.61 Å². The zero-order valence-corrected chi connectivity index (χ0v) is 15.0. The number of benzene rings is 2. The van der Waals surface area contributed by atoms with Crippen molar-refractivity contribution in [3.8, 4) is 5.75 Å². The number of thioether (sulfide) groups is 1. The molecule has 1 atom stereocenters. The molecular weight excluding hydrogens is 320 g/mol. The highest BCUT2D eigenvalue weighted by molar-refractivity contribution is 8.00. The Balaban J connectivity index is 1.92. The van der Waals surface area contributed by atoms with E-state index in [4.69, 9.17) is 4.74 Å². The Morgan fingerprint density at radius 1 is 1.17 bits per heavy atom. The average molecular weight is 342 g/mol. The number of carbonyl (C=O) groups is 1. The van der Waals surface area contributed by atoms with E-state index in [9.17, 15) is 4.79 Å². The van der Waals surface area contributed by atoms with E-state index < -0.39 is 0 Å². The van der Waals surface area contributed by atoms with E-state index in [2.05, 4.69) is 10.5 Å². The first-order valence-electron chi connectivity index (χ1n) is 7.89. The molecule has 0 radical (unpaired) electrons. The molecule has 0 bridgehead atoms. The number of nitrogens with one attached hydrogen (secondary N) is 1. The van der Waals surface area contributed by atoms with Crippen molar-refractivity contribution in [2.45, 2.75) is 30.9 Å². The predicted molar refractivity (Wildman–Crippen MR) is 99.7 cm³/mol. The smallest absolute Gasteiger partial charge is 0.253 e. The molecule has 0 aliphatic heterocycles. The topological polar surface area (TPSA) is 50.7 Å². The molecule has 0 unspecified atom stereocenters. The molecule has 2 rings (SSSR count). The number of hydrazone groups is 1. The van der Waals surface area contributed by atoms with Gasteiger partial charge >= 0.3 is 0 Å². The molecule has 1 N–H and O–H groups in total. The van der Waals surface area contributed by atoms with Crippen LogP contribution < -0.4 is 10.2 Å².